The van der Waals surface area contributed by atoms with Gasteiger partial charge in [0.1, 0.15) is 6.04 Å². The Labute approximate surface area is 95.4 Å². The molecule has 3 N–H and O–H groups in total. The Bertz CT molecular complexity index is 231. The second-order valence-corrected chi connectivity index (χ2v) is 3.62. The van der Waals surface area contributed by atoms with E-state index in [4.69, 9.17) is 5.11 Å². The van der Waals surface area contributed by atoms with Gasteiger partial charge in [-0.1, -0.05) is 0 Å². The van der Waals surface area contributed by atoms with E-state index in [0.717, 1.165) is 0 Å². The SMILES string of the molecule is COC(=O)C(CNCCC(C)O)NC(C)=O. The third-order valence-corrected chi connectivity index (χ3v) is 1.95. The third-order valence-electron chi connectivity index (χ3n) is 1.95. The average Bonchev–Trinajstić information content (AvgIpc) is 2.20. The molecule has 94 valence electrons. The highest BCUT2D eigenvalue weighted by Crippen LogP contribution is 1.89. The Morgan fingerprint density at radius 3 is 2.50 bits per heavy atom. The molecule has 0 bridgehead atoms. The highest BCUT2D eigenvalue weighted by molar-refractivity contribution is 5.83. The molecule has 0 radical (unpaired) electrons. The van der Waals surface area contributed by atoms with Gasteiger partial charge < -0.3 is 20.5 Å². The first-order chi connectivity index (χ1) is 7.47. The van der Waals surface area contributed by atoms with Crippen LogP contribution in [0, 0.1) is 0 Å². The molecule has 0 aromatic heterocycles. The van der Waals surface area contributed by atoms with Crippen molar-refractivity contribution in [3.8, 4) is 0 Å². The number of hydrogen-bond acceptors (Lipinski definition) is 5. The number of methoxy groups -OCH3 is 1. The van der Waals surface area contributed by atoms with E-state index in [0.29, 0.717) is 19.5 Å². The lowest BCUT2D eigenvalue weighted by atomic mass is 10.2. The number of amides is 1. The highest BCUT2D eigenvalue weighted by atomic mass is 16.5. The lowest BCUT2D eigenvalue weighted by Crippen LogP contribution is -2.47. The second kappa shape index (κ2) is 8.06. The van der Waals surface area contributed by atoms with E-state index in [1.54, 1.807) is 6.92 Å². The van der Waals surface area contributed by atoms with Gasteiger partial charge in [-0.05, 0) is 19.9 Å². The minimum Gasteiger partial charge on any atom is -0.467 e. The van der Waals surface area contributed by atoms with E-state index in [9.17, 15) is 9.59 Å². The Morgan fingerprint density at radius 1 is 1.44 bits per heavy atom. The third kappa shape index (κ3) is 7.19. The van der Waals surface area contributed by atoms with Gasteiger partial charge in [0.05, 0.1) is 13.2 Å². The van der Waals surface area contributed by atoms with Crippen LogP contribution in [0.25, 0.3) is 0 Å². The van der Waals surface area contributed by atoms with Crippen molar-refractivity contribution in [3.05, 3.63) is 0 Å². The molecule has 0 saturated carbocycles. The fourth-order valence-corrected chi connectivity index (χ4v) is 1.14. The van der Waals surface area contributed by atoms with Crippen LogP contribution < -0.4 is 10.6 Å². The topological polar surface area (TPSA) is 87.7 Å². The molecule has 2 unspecified atom stereocenters. The Kier molecular flexibility index (Phi) is 7.49. The van der Waals surface area contributed by atoms with Crippen molar-refractivity contribution in [2.75, 3.05) is 20.2 Å². The predicted molar refractivity (Wildman–Crippen MR) is 58.8 cm³/mol. The maximum Gasteiger partial charge on any atom is 0.329 e. The Morgan fingerprint density at radius 2 is 2.06 bits per heavy atom. The molecule has 0 aliphatic rings. The van der Waals surface area contributed by atoms with E-state index in [1.165, 1.54) is 14.0 Å². The molecule has 6 heteroatoms. The molecule has 0 aliphatic carbocycles. The van der Waals surface area contributed by atoms with Crippen LogP contribution >= 0.6 is 0 Å². The van der Waals surface area contributed by atoms with E-state index in [-0.39, 0.29) is 12.0 Å². The summed E-state index contributed by atoms with van der Waals surface area (Å²) < 4.78 is 4.55. The lowest BCUT2D eigenvalue weighted by molar-refractivity contribution is -0.144. The van der Waals surface area contributed by atoms with Crippen molar-refractivity contribution in [3.63, 3.8) is 0 Å². The molecule has 2 atom stereocenters. The summed E-state index contributed by atoms with van der Waals surface area (Å²) in [5, 5.41) is 14.5. The molecule has 0 saturated heterocycles. The number of esters is 1. The predicted octanol–water partition coefficient (Wildman–Crippen LogP) is -0.975. The van der Waals surface area contributed by atoms with Gasteiger partial charge in [0.2, 0.25) is 5.91 Å². The van der Waals surface area contributed by atoms with Crippen LogP contribution in [0.5, 0.6) is 0 Å². The average molecular weight is 232 g/mol. The molecule has 0 spiro atoms. The molecular formula is C10H20N2O4. The van der Waals surface area contributed by atoms with Gasteiger partial charge in [-0.2, -0.15) is 0 Å². The quantitative estimate of drug-likeness (QED) is 0.388. The maximum atomic E-state index is 11.2. The van der Waals surface area contributed by atoms with Gasteiger partial charge >= 0.3 is 5.97 Å². The van der Waals surface area contributed by atoms with Crippen LogP contribution in [0.4, 0.5) is 0 Å². The van der Waals surface area contributed by atoms with Crippen LogP contribution in [-0.4, -0.2) is 49.3 Å². The summed E-state index contributed by atoms with van der Waals surface area (Å²) in [6.45, 7) is 3.89. The van der Waals surface area contributed by atoms with Crippen LogP contribution in [0.1, 0.15) is 20.3 Å². The van der Waals surface area contributed by atoms with Crippen LogP contribution in [-0.2, 0) is 14.3 Å². The minimum absolute atomic E-state index is 0.285. The van der Waals surface area contributed by atoms with E-state index in [1.807, 2.05) is 0 Å². The van der Waals surface area contributed by atoms with Crippen LogP contribution in [0.15, 0.2) is 0 Å². The Balaban J connectivity index is 3.92. The molecule has 0 heterocycles. The molecule has 0 rings (SSSR count). The van der Waals surface area contributed by atoms with Crippen molar-refractivity contribution in [1.29, 1.82) is 0 Å². The molecule has 6 nitrogen and oxygen atoms in total. The van der Waals surface area contributed by atoms with Gasteiger partial charge in [0, 0.05) is 13.5 Å². The summed E-state index contributed by atoms with van der Waals surface area (Å²) in [5.41, 5.74) is 0. The first-order valence-corrected chi connectivity index (χ1v) is 5.21. The van der Waals surface area contributed by atoms with E-state index >= 15 is 0 Å². The van der Waals surface area contributed by atoms with E-state index in [2.05, 4.69) is 15.4 Å². The number of hydrogen-bond donors (Lipinski definition) is 3. The molecular weight excluding hydrogens is 212 g/mol. The van der Waals surface area contributed by atoms with Gasteiger partial charge in [0.25, 0.3) is 0 Å². The summed E-state index contributed by atoms with van der Waals surface area (Å²) in [6.07, 6.45) is 0.207. The zero-order valence-electron chi connectivity index (χ0n) is 9.95. The smallest absolute Gasteiger partial charge is 0.329 e. The van der Waals surface area contributed by atoms with Gasteiger partial charge in [0.15, 0.2) is 0 Å². The number of ether oxygens (including phenoxy) is 1. The van der Waals surface area contributed by atoms with Crippen molar-refractivity contribution < 1.29 is 19.4 Å². The molecule has 1 amide bonds. The summed E-state index contributed by atoms with van der Waals surface area (Å²) in [5.74, 6) is -0.771. The minimum atomic E-state index is -0.684. The molecule has 0 aromatic rings. The largest absolute Gasteiger partial charge is 0.467 e. The lowest BCUT2D eigenvalue weighted by Gasteiger charge is -2.16. The summed E-state index contributed by atoms with van der Waals surface area (Å²) in [7, 11) is 1.27. The van der Waals surface area contributed by atoms with Gasteiger partial charge in [-0.15, -0.1) is 0 Å². The van der Waals surface area contributed by atoms with Crippen molar-refractivity contribution in [2.45, 2.75) is 32.4 Å². The van der Waals surface area contributed by atoms with Crippen molar-refractivity contribution >= 4 is 11.9 Å². The number of carbonyl (C=O) groups is 2. The molecule has 0 aromatic carbocycles. The first kappa shape index (κ1) is 14.9. The maximum absolute atomic E-state index is 11.2. The summed E-state index contributed by atoms with van der Waals surface area (Å²) in [4.78, 5) is 22.1. The Hall–Kier alpha value is -1.14. The zero-order valence-corrected chi connectivity index (χ0v) is 9.95. The number of carbonyl (C=O) groups excluding carboxylic acids is 2. The molecule has 0 fully saturated rings. The number of rotatable bonds is 7. The zero-order chi connectivity index (χ0) is 12.6. The first-order valence-electron chi connectivity index (χ1n) is 5.21. The van der Waals surface area contributed by atoms with Crippen molar-refractivity contribution in [2.24, 2.45) is 0 Å². The molecule has 16 heavy (non-hydrogen) atoms. The van der Waals surface area contributed by atoms with E-state index < -0.39 is 12.0 Å². The van der Waals surface area contributed by atoms with Crippen molar-refractivity contribution in [1.82, 2.24) is 10.6 Å². The number of nitrogens with one attached hydrogen (secondary N) is 2. The monoisotopic (exact) mass is 232 g/mol. The number of aliphatic hydroxyl groups excluding tert-OH is 1. The fourth-order valence-electron chi connectivity index (χ4n) is 1.14. The standard InChI is InChI=1S/C10H20N2O4/c1-7(13)4-5-11-6-9(10(15)16-3)12-8(2)14/h7,9,11,13H,4-6H2,1-3H3,(H,12,14). The summed E-state index contributed by atoms with van der Waals surface area (Å²) in [6, 6.07) is -0.684. The fraction of sp³-hybridized carbons (Fsp3) is 0.800. The number of aliphatic hydroxyl groups is 1. The normalized spacial score (nSPS) is 14.0. The van der Waals surface area contributed by atoms with Crippen LogP contribution in [0.3, 0.4) is 0 Å². The van der Waals surface area contributed by atoms with Gasteiger partial charge in [-0.3, -0.25) is 4.79 Å². The highest BCUT2D eigenvalue weighted by Gasteiger charge is 2.19. The second-order valence-electron chi connectivity index (χ2n) is 3.62. The van der Waals surface area contributed by atoms with Crippen LogP contribution in [0.2, 0.25) is 0 Å². The summed E-state index contributed by atoms with van der Waals surface area (Å²) >= 11 is 0. The van der Waals surface area contributed by atoms with Gasteiger partial charge in [-0.25, -0.2) is 4.79 Å². The molecule has 0 aliphatic heterocycles.